The molecule has 0 aromatic heterocycles. The molecule has 7 nitrogen and oxygen atoms in total. The number of carbonyl (C=O) groups excluding carboxylic acids is 4. The number of anilines is 1. The summed E-state index contributed by atoms with van der Waals surface area (Å²) in [5, 5.41) is 2.98. The quantitative estimate of drug-likeness (QED) is 0.436. The Balaban J connectivity index is 1.55. The average Bonchev–Trinajstić information content (AvgIpc) is 2.90. The molecule has 1 N–H and O–H groups in total. The van der Waals surface area contributed by atoms with Crippen LogP contribution in [0.2, 0.25) is 15.1 Å². The zero-order valence-corrected chi connectivity index (χ0v) is 16.3. The lowest BCUT2D eigenvalue weighted by Crippen LogP contribution is -2.36. The van der Waals surface area contributed by atoms with Gasteiger partial charge in [-0.1, -0.05) is 46.9 Å². The lowest BCUT2D eigenvalue weighted by molar-refractivity contribution is -0.147. The molecule has 3 rings (SSSR count). The molecule has 0 unspecified atom stereocenters. The topological polar surface area (TPSA) is 92.8 Å². The van der Waals surface area contributed by atoms with Crippen LogP contribution in [-0.4, -0.2) is 41.7 Å². The summed E-state index contributed by atoms with van der Waals surface area (Å²) in [6.07, 6.45) is 0. The van der Waals surface area contributed by atoms with Gasteiger partial charge in [0.15, 0.2) is 6.61 Å². The second-order valence-corrected chi connectivity index (χ2v) is 6.92. The number of esters is 1. The third-order valence-electron chi connectivity index (χ3n) is 3.81. The fourth-order valence-corrected chi connectivity index (χ4v) is 3.10. The summed E-state index contributed by atoms with van der Waals surface area (Å²) in [5.41, 5.74) is 0.622. The molecule has 28 heavy (non-hydrogen) atoms. The van der Waals surface area contributed by atoms with Crippen molar-refractivity contribution in [2.24, 2.45) is 0 Å². The molecule has 144 valence electrons. The van der Waals surface area contributed by atoms with Gasteiger partial charge < -0.3 is 10.1 Å². The van der Waals surface area contributed by atoms with Gasteiger partial charge in [-0.3, -0.25) is 24.1 Å². The summed E-state index contributed by atoms with van der Waals surface area (Å²) >= 11 is 17.6. The lowest BCUT2D eigenvalue weighted by Gasteiger charge is -2.13. The van der Waals surface area contributed by atoms with E-state index in [0.717, 1.165) is 4.90 Å². The number of nitrogens with zero attached hydrogens (tertiary/aromatic N) is 1. The summed E-state index contributed by atoms with van der Waals surface area (Å²) in [5.74, 6) is -2.78. The molecule has 1 aliphatic heterocycles. The van der Waals surface area contributed by atoms with Gasteiger partial charge in [-0.05, 0) is 24.3 Å². The highest BCUT2D eigenvalue weighted by atomic mass is 35.5. The van der Waals surface area contributed by atoms with Crippen molar-refractivity contribution >= 4 is 64.2 Å². The van der Waals surface area contributed by atoms with Crippen LogP contribution in [0.4, 0.5) is 5.69 Å². The van der Waals surface area contributed by atoms with Gasteiger partial charge in [0.25, 0.3) is 17.7 Å². The van der Waals surface area contributed by atoms with E-state index >= 15 is 0 Å². The summed E-state index contributed by atoms with van der Waals surface area (Å²) in [4.78, 5) is 49.1. The van der Waals surface area contributed by atoms with Crippen molar-refractivity contribution in [3.63, 3.8) is 0 Å². The number of rotatable bonds is 5. The van der Waals surface area contributed by atoms with Crippen LogP contribution in [-0.2, 0) is 14.3 Å². The molecule has 0 aliphatic carbocycles. The highest BCUT2D eigenvalue weighted by Crippen LogP contribution is 2.32. The number of carbonyl (C=O) groups is 4. The van der Waals surface area contributed by atoms with Crippen LogP contribution in [0, 0.1) is 0 Å². The number of ether oxygens (including phenoxy) is 1. The Kier molecular flexibility index (Phi) is 5.88. The number of fused-ring (bicyclic) bond motifs is 1. The summed E-state index contributed by atoms with van der Waals surface area (Å²) < 4.78 is 4.83. The molecule has 0 bridgehead atoms. The third-order valence-corrected chi connectivity index (χ3v) is 4.85. The first-order chi connectivity index (χ1) is 13.3. The predicted octanol–water partition coefficient (Wildman–Crippen LogP) is 3.42. The molecule has 10 heteroatoms. The maximum Gasteiger partial charge on any atom is 0.326 e. The van der Waals surface area contributed by atoms with Gasteiger partial charge >= 0.3 is 5.97 Å². The van der Waals surface area contributed by atoms with Crippen LogP contribution in [0.25, 0.3) is 0 Å². The van der Waals surface area contributed by atoms with E-state index < -0.39 is 36.8 Å². The fraction of sp³-hybridized carbons (Fsp3) is 0.111. The Morgan fingerprint density at radius 3 is 2.11 bits per heavy atom. The second-order valence-electron chi connectivity index (χ2n) is 5.70. The Morgan fingerprint density at radius 2 is 1.50 bits per heavy atom. The zero-order valence-electron chi connectivity index (χ0n) is 14.0. The molecule has 0 atom stereocenters. The number of benzene rings is 2. The highest BCUT2D eigenvalue weighted by molar-refractivity contribution is 6.44. The van der Waals surface area contributed by atoms with E-state index in [1.165, 1.54) is 24.3 Å². The Hall–Kier alpha value is -2.61. The minimum absolute atomic E-state index is 0.153. The van der Waals surface area contributed by atoms with E-state index in [-0.39, 0.29) is 31.9 Å². The van der Waals surface area contributed by atoms with Gasteiger partial charge in [0.05, 0.1) is 31.9 Å². The van der Waals surface area contributed by atoms with Crippen molar-refractivity contribution in [2.75, 3.05) is 18.5 Å². The first-order valence-corrected chi connectivity index (χ1v) is 8.96. The third kappa shape index (κ3) is 4.11. The zero-order chi connectivity index (χ0) is 20.4. The van der Waals surface area contributed by atoms with Crippen molar-refractivity contribution in [2.45, 2.75) is 0 Å². The van der Waals surface area contributed by atoms with E-state index in [1.807, 2.05) is 0 Å². The number of nitrogens with one attached hydrogen (secondary N) is 1. The first kappa shape index (κ1) is 20.1. The average molecular weight is 442 g/mol. The van der Waals surface area contributed by atoms with E-state index in [9.17, 15) is 19.2 Å². The predicted molar refractivity (Wildman–Crippen MR) is 103 cm³/mol. The number of hydrogen-bond acceptors (Lipinski definition) is 5. The molecule has 3 amide bonds. The van der Waals surface area contributed by atoms with Gasteiger partial charge in [0, 0.05) is 0 Å². The van der Waals surface area contributed by atoms with E-state index in [0.29, 0.717) is 0 Å². The SMILES string of the molecule is O=C(COC(=O)CN1C(=O)c2ccccc2C1=O)Nc1cc(Cl)c(Cl)cc1Cl. The van der Waals surface area contributed by atoms with Crippen LogP contribution in [0.3, 0.4) is 0 Å². The smallest absolute Gasteiger partial charge is 0.326 e. The van der Waals surface area contributed by atoms with Crippen molar-refractivity contribution in [1.82, 2.24) is 4.90 Å². The van der Waals surface area contributed by atoms with Gasteiger partial charge in [0.2, 0.25) is 0 Å². The van der Waals surface area contributed by atoms with Gasteiger partial charge in [-0.2, -0.15) is 0 Å². The largest absolute Gasteiger partial charge is 0.454 e. The molecule has 0 saturated carbocycles. The summed E-state index contributed by atoms with van der Waals surface area (Å²) in [6.45, 7) is -1.24. The molecule has 0 radical (unpaired) electrons. The molecule has 0 fully saturated rings. The maximum absolute atomic E-state index is 12.2. The molecule has 0 saturated heterocycles. The van der Waals surface area contributed by atoms with Crippen LogP contribution in [0.5, 0.6) is 0 Å². The van der Waals surface area contributed by atoms with E-state index in [1.54, 1.807) is 12.1 Å². The maximum atomic E-state index is 12.2. The summed E-state index contributed by atoms with van der Waals surface area (Å²) in [6, 6.07) is 8.93. The van der Waals surface area contributed by atoms with Crippen molar-refractivity contribution in [3.8, 4) is 0 Å². The second kappa shape index (κ2) is 8.18. The molecule has 2 aromatic rings. The number of imide groups is 1. The van der Waals surface area contributed by atoms with Gasteiger partial charge in [-0.25, -0.2) is 0 Å². The standard InChI is InChI=1S/C18H11Cl3N2O5/c19-11-5-13(21)14(6-12(11)20)22-15(24)8-28-16(25)7-23-17(26)9-3-1-2-4-10(9)18(23)27/h1-6H,7-8H2,(H,22,24). The van der Waals surface area contributed by atoms with Crippen LogP contribution >= 0.6 is 34.8 Å². The molecule has 2 aromatic carbocycles. The Morgan fingerprint density at radius 1 is 0.929 bits per heavy atom. The van der Waals surface area contributed by atoms with Gasteiger partial charge in [0.1, 0.15) is 6.54 Å². The first-order valence-electron chi connectivity index (χ1n) is 7.83. The number of amides is 3. The van der Waals surface area contributed by atoms with Crippen LogP contribution < -0.4 is 5.32 Å². The Labute approximate surface area is 174 Å². The minimum atomic E-state index is -0.912. The van der Waals surface area contributed by atoms with Crippen molar-refractivity contribution in [1.29, 1.82) is 0 Å². The molecule has 0 spiro atoms. The monoisotopic (exact) mass is 440 g/mol. The van der Waals surface area contributed by atoms with Gasteiger partial charge in [-0.15, -0.1) is 0 Å². The minimum Gasteiger partial charge on any atom is -0.454 e. The fourth-order valence-electron chi connectivity index (χ4n) is 2.51. The normalized spacial score (nSPS) is 12.8. The Bertz CT molecular complexity index is 974. The summed E-state index contributed by atoms with van der Waals surface area (Å²) in [7, 11) is 0. The van der Waals surface area contributed by atoms with Crippen LogP contribution in [0.1, 0.15) is 20.7 Å². The number of halogens is 3. The molecule has 1 heterocycles. The molecular formula is C18H11Cl3N2O5. The van der Waals surface area contributed by atoms with Crippen molar-refractivity contribution < 1.29 is 23.9 Å². The van der Waals surface area contributed by atoms with Crippen molar-refractivity contribution in [3.05, 3.63) is 62.6 Å². The highest BCUT2D eigenvalue weighted by Gasteiger charge is 2.36. The van der Waals surface area contributed by atoms with E-state index in [4.69, 9.17) is 39.5 Å². The number of hydrogen-bond donors (Lipinski definition) is 1. The van der Waals surface area contributed by atoms with E-state index in [2.05, 4.69) is 5.32 Å². The molecule has 1 aliphatic rings. The lowest BCUT2D eigenvalue weighted by atomic mass is 10.1. The molecular weight excluding hydrogens is 431 g/mol. The van der Waals surface area contributed by atoms with Crippen LogP contribution in [0.15, 0.2) is 36.4 Å².